The van der Waals surface area contributed by atoms with E-state index in [9.17, 15) is 0 Å². The van der Waals surface area contributed by atoms with Gasteiger partial charge in [-0.3, -0.25) is 0 Å². The third-order valence-electron chi connectivity index (χ3n) is 3.27. The van der Waals surface area contributed by atoms with Crippen molar-refractivity contribution in [2.45, 2.75) is 44.9 Å². The number of hydrogen-bond acceptors (Lipinski definition) is 4. The molecule has 1 saturated heterocycles. The summed E-state index contributed by atoms with van der Waals surface area (Å²) in [4.78, 5) is 6.45. The number of aromatic nitrogens is 1. The first kappa shape index (κ1) is 13.1. The molecule has 0 bridgehead atoms. The van der Waals surface area contributed by atoms with Crippen LogP contribution in [0.3, 0.4) is 0 Å². The maximum absolute atomic E-state index is 5.77. The highest BCUT2D eigenvalue weighted by Crippen LogP contribution is 2.26. The van der Waals surface area contributed by atoms with Gasteiger partial charge >= 0.3 is 0 Å². The highest BCUT2D eigenvalue weighted by atomic mass is 16.5. The van der Waals surface area contributed by atoms with Crippen molar-refractivity contribution in [1.29, 1.82) is 0 Å². The summed E-state index contributed by atoms with van der Waals surface area (Å²) in [6.07, 6.45) is 4.57. The van der Waals surface area contributed by atoms with Crippen LogP contribution in [0, 0.1) is 0 Å². The molecule has 18 heavy (non-hydrogen) atoms. The molecular formula is C14H23N3O. The molecule has 2 heterocycles. The van der Waals surface area contributed by atoms with Gasteiger partial charge in [-0.25, -0.2) is 4.98 Å². The zero-order chi connectivity index (χ0) is 13.1. The summed E-state index contributed by atoms with van der Waals surface area (Å²) >= 11 is 0. The van der Waals surface area contributed by atoms with E-state index in [0.717, 1.165) is 24.3 Å². The van der Waals surface area contributed by atoms with Gasteiger partial charge in [-0.2, -0.15) is 0 Å². The average Bonchev–Trinajstić information content (AvgIpc) is 2.27. The largest absolute Gasteiger partial charge is 0.379 e. The van der Waals surface area contributed by atoms with E-state index in [-0.39, 0.29) is 0 Å². The molecule has 1 fully saturated rings. The molecule has 1 N–H and O–H groups in total. The van der Waals surface area contributed by atoms with Crippen LogP contribution in [-0.2, 0) is 4.74 Å². The van der Waals surface area contributed by atoms with Crippen LogP contribution in [0.1, 0.15) is 26.7 Å². The zero-order valence-corrected chi connectivity index (χ0v) is 11.7. The van der Waals surface area contributed by atoms with Crippen molar-refractivity contribution < 1.29 is 4.74 Å². The van der Waals surface area contributed by atoms with Gasteiger partial charge in [0.15, 0.2) is 5.82 Å². The first-order valence-corrected chi connectivity index (χ1v) is 6.60. The zero-order valence-electron chi connectivity index (χ0n) is 11.7. The number of nitrogens with zero attached hydrogens (tertiary/aromatic N) is 2. The van der Waals surface area contributed by atoms with Crippen molar-refractivity contribution in [1.82, 2.24) is 4.98 Å². The minimum atomic E-state index is 0.325. The number of ether oxygens (including phenoxy) is 1. The Morgan fingerprint density at radius 2 is 1.94 bits per heavy atom. The van der Waals surface area contributed by atoms with E-state index in [0.29, 0.717) is 18.2 Å². The molecule has 0 radical (unpaired) electrons. The van der Waals surface area contributed by atoms with Crippen LogP contribution < -0.4 is 10.2 Å². The molecule has 4 nitrogen and oxygen atoms in total. The van der Waals surface area contributed by atoms with Gasteiger partial charge in [-0.1, -0.05) is 0 Å². The number of pyridine rings is 1. The maximum atomic E-state index is 5.77. The summed E-state index contributed by atoms with van der Waals surface area (Å²) in [5.41, 5.74) is 1.11. The molecule has 2 atom stereocenters. The molecule has 0 saturated carbocycles. The Bertz CT molecular complexity index is 384. The second kappa shape index (κ2) is 5.57. The standard InChI is InChI=1S/C14H23N3O/c1-10-8-12(9-11(2)18-10)16-13-6-5-7-15-14(13)17(3)4/h5-7,10-12,16H,8-9H2,1-4H3. The Morgan fingerprint density at radius 3 is 2.56 bits per heavy atom. The Labute approximate surface area is 109 Å². The van der Waals surface area contributed by atoms with Gasteiger partial charge in [0, 0.05) is 26.3 Å². The minimum absolute atomic E-state index is 0.325. The van der Waals surface area contributed by atoms with Crippen LogP contribution >= 0.6 is 0 Å². The van der Waals surface area contributed by atoms with Gasteiger partial charge < -0.3 is 15.0 Å². The van der Waals surface area contributed by atoms with Crippen LogP contribution in [0.5, 0.6) is 0 Å². The molecule has 0 amide bonds. The van der Waals surface area contributed by atoms with E-state index in [1.165, 1.54) is 0 Å². The Morgan fingerprint density at radius 1 is 1.28 bits per heavy atom. The van der Waals surface area contributed by atoms with Crippen molar-refractivity contribution in [2.75, 3.05) is 24.3 Å². The van der Waals surface area contributed by atoms with E-state index in [1.807, 2.05) is 31.3 Å². The van der Waals surface area contributed by atoms with Crippen molar-refractivity contribution >= 4 is 11.5 Å². The quantitative estimate of drug-likeness (QED) is 0.893. The summed E-state index contributed by atoms with van der Waals surface area (Å²) in [6.45, 7) is 4.28. The number of hydrogen-bond donors (Lipinski definition) is 1. The fourth-order valence-electron chi connectivity index (χ4n) is 2.61. The molecule has 0 aromatic carbocycles. The molecule has 1 aromatic rings. The van der Waals surface area contributed by atoms with E-state index in [4.69, 9.17) is 4.74 Å². The SMILES string of the molecule is CC1CC(Nc2cccnc2N(C)C)CC(C)O1. The van der Waals surface area contributed by atoms with Crippen molar-refractivity contribution in [2.24, 2.45) is 0 Å². The number of rotatable bonds is 3. The number of nitrogens with one attached hydrogen (secondary N) is 1. The van der Waals surface area contributed by atoms with E-state index >= 15 is 0 Å². The third-order valence-corrected chi connectivity index (χ3v) is 3.27. The highest BCUT2D eigenvalue weighted by Gasteiger charge is 2.24. The molecule has 1 aliphatic rings. The van der Waals surface area contributed by atoms with Gasteiger partial charge in [0.25, 0.3) is 0 Å². The second-order valence-electron chi connectivity index (χ2n) is 5.34. The molecule has 1 aliphatic heterocycles. The van der Waals surface area contributed by atoms with Gasteiger partial charge in [-0.15, -0.1) is 0 Å². The molecule has 0 aliphatic carbocycles. The van der Waals surface area contributed by atoms with Gasteiger partial charge in [0.05, 0.1) is 17.9 Å². The van der Waals surface area contributed by atoms with Crippen LogP contribution in [0.15, 0.2) is 18.3 Å². The van der Waals surface area contributed by atoms with Gasteiger partial charge in [0.1, 0.15) is 0 Å². The topological polar surface area (TPSA) is 37.4 Å². The fraction of sp³-hybridized carbons (Fsp3) is 0.643. The lowest BCUT2D eigenvalue weighted by atomic mass is 9.99. The first-order chi connectivity index (χ1) is 8.56. The predicted molar refractivity (Wildman–Crippen MR) is 75.2 cm³/mol. The molecule has 0 spiro atoms. The summed E-state index contributed by atoms with van der Waals surface area (Å²) in [6, 6.07) is 4.53. The molecule has 100 valence electrons. The number of anilines is 2. The normalized spacial score (nSPS) is 27.9. The lowest BCUT2D eigenvalue weighted by molar-refractivity contribution is -0.0337. The van der Waals surface area contributed by atoms with E-state index in [2.05, 4.69) is 30.2 Å². The van der Waals surface area contributed by atoms with E-state index < -0.39 is 0 Å². The third kappa shape index (κ3) is 3.13. The van der Waals surface area contributed by atoms with Gasteiger partial charge in [-0.05, 0) is 38.8 Å². The molecule has 2 unspecified atom stereocenters. The molecule has 1 aromatic heterocycles. The smallest absolute Gasteiger partial charge is 0.151 e. The first-order valence-electron chi connectivity index (χ1n) is 6.60. The average molecular weight is 249 g/mol. The molecule has 4 heteroatoms. The Kier molecular flexibility index (Phi) is 4.07. The van der Waals surface area contributed by atoms with Crippen LogP contribution in [0.25, 0.3) is 0 Å². The summed E-state index contributed by atoms with van der Waals surface area (Å²) in [7, 11) is 4.03. The highest BCUT2D eigenvalue weighted by molar-refractivity contribution is 5.65. The summed E-state index contributed by atoms with van der Waals surface area (Å²) < 4.78 is 5.77. The summed E-state index contributed by atoms with van der Waals surface area (Å²) in [5, 5.41) is 3.61. The van der Waals surface area contributed by atoms with Gasteiger partial charge in [0.2, 0.25) is 0 Å². The molecular weight excluding hydrogens is 226 g/mol. The van der Waals surface area contributed by atoms with Crippen LogP contribution in [0.2, 0.25) is 0 Å². The lowest BCUT2D eigenvalue weighted by Gasteiger charge is -2.33. The minimum Gasteiger partial charge on any atom is -0.379 e. The van der Waals surface area contributed by atoms with Crippen molar-refractivity contribution in [3.63, 3.8) is 0 Å². The Hall–Kier alpha value is -1.29. The van der Waals surface area contributed by atoms with Crippen molar-refractivity contribution in [3.05, 3.63) is 18.3 Å². The predicted octanol–water partition coefficient (Wildman–Crippen LogP) is 2.52. The monoisotopic (exact) mass is 249 g/mol. The van der Waals surface area contributed by atoms with Crippen LogP contribution in [0.4, 0.5) is 11.5 Å². The van der Waals surface area contributed by atoms with Crippen LogP contribution in [-0.4, -0.2) is 37.3 Å². The maximum Gasteiger partial charge on any atom is 0.151 e. The lowest BCUT2D eigenvalue weighted by Crippen LogP contribution is -2.37. The summed E-state index contributed by atoms with van der Waals surface area (Å²) in [5.74, 6) is 0.990. The Balaban J connectivity index is 2.09. The second-order valence-corrected chi connectivity index (χ2v) is 5.34. The molecule has 2 rings (SSSR count). The van der Waals surface area contributed by atoms with E-state index in [1.54, 1.807) is 0 Å². The van der Waals surface area contributed by atoms with Crippen molar-refractivity contribution in [3.8, 4) is 0 Å². The fourth-order valence-corrected chi connectivity index (χ4v) is 2.61.